The molecule has 0 unspecified atom stereocenters. The molecule has 0 aliphatic heterocycles. The van der Waals surface area contributed by atoms with Gasteiger partial charge >= 0.3 is 0 Å². The third-order valence-corrected chi connectivity index (χ3v) is 3.39. The number of anilines is 1. The van der Waals surface area contributed by atoms with Crippen LogP contribution in [0, 0.1) is 6.92 Å². The molecule has 0 aliphatic carbocycles. The van der Waals surface area contributed by atoms with Crippen molar-refractivity contribution in [2.75, 3.05) is 5.73 Å². The molecule has 0 saturated carbocycles. The highest BCUT2D eigenvalue weighted by molar-refractivity contribution is 6.35. The summed E-state index contributed by atoms with van der Waals surface area (Å²) in [4.78, 5) is 0. The summed E-state index contributed by atoms with van der Waals surface area (Å²) in [6.07, 6.45) is 0. The maximum absolute atomic E-state index is 6.07. The second-order valence-electron chi connectivity index (χ2n) is 4.01. The van der Waals surface area contributed by atoms with Crippen molar-refractivity contribution in [3.8, 4) is 5.75 Å². The standard InChI is InChI=1S/C14H13Cl2NO/c1-9-7-10(5-6-14(9)17)18-8-11-12(15)3-2-4-13(11)16/h2-7H,8,17H2,1H3. The van der Waals surface area contributed by atoms with Crippen molar-refractivity contribution < 1.29 is 4.74 Å². The Kier molecular flexibility index (Phi) is 4.00. The summed E-state index contributed by atoms with van der Waals surface area (Å²) in [5, 5.41) is 1.21. The number of rotatable bonds is 3. The van der Waals surface area contributed by atoms with Crippen LogP contribution < -0.4 is 10.5 Å². The molecule has 2 rings (SSSR count). The van der Waals surface area contributed by atoms with Crippen LogP contribution in [0.2, 0.25) is 10.0 Å². The molecular weight excluding hydrogens is 269 g/mol. The fourth-order valence-corrected chi connectivity index (χ4v) is 2.07. The first-order valence-electron chi connectivity index (χ1n) is 5.50. The van der Waals surface area contributed by atoms with Crippen molar-refractivity contribution in [3.05, 3.63) is 57.6 Å². The van der Waals surface area contributed by atoms with Crippen LogP contribution >= 0.6 is 23.2 Å². The van der Waals surface area contributed by atoms with E-state index in [1.807, 2.05) is 31.2 Å². The zero-order valence-corrected chi connectivity index (χ0v) is 11.4. The quantitative estimate of drug-likeness (QED) is 0.843. The molecule has 0 bridgehead atoms. The average Bonchev–Trinajstić information content (AvgIpc) is 2.33. The minimum Gasteiger partial charge on any atom is -0.489 e. The molecule has 2 N–H and O–H groups in total. The Morgan fingerprint density at radius 3 is 2.39 bits per heavy atom. The third kappa shape index (κ3) is 2.89. The normalized spacial score (nSPS) is 10.4. The van der Waals surface area contributed by atoms with Gasteiger partial charge in [-0.3, -0.25) is 0 Å². The van der Waals surface area contributed by atoms with Crippen LogP contribution in [-0.2, 0) is 6.61 Å². The SMILES string of the molecule is Cc1cc(OCc2c(Cl)cccc2Cl)ccc1N. The van der Waals surface area contributed by atoms with Crippen molar-refractivity contribution in [1.82, 2.24) is 0 Å². The van der Waals surface area contributed by atoms with E-state index in [-0.39, 0.29) is 0 Å². The number of hydrogen-bond donors (Lipinski definition) is 1. The summed E-state index contributed by atoms with van der Waals surface area (Å²) in [7, 11) is 0. The lowest BCUT2D eigenvalue weighted by molar-refractivity contribution is 0.306. The molecule has 2 aromatic rings. The molecule has 0 saturated heterocycles. The molecule has 0 aliphatic rings. The Hall–Kier alpha value is -1.38. The summed E-state index contributed by atoms with van der Waals surface area (Å²) in [5.41, 5.74) is 8.27. The largest absolute Gasteiger partial charge is 0.489 e. The first kappa shape index (κ1) is 13.1. The molecule has 0 spiro atoms. The highest BCUT2D eigenvalue weighted by Crippen LogP contribution is 2.26. The van der Waals surface area contributed by atoms with Crippen molar-refractivity contribution >= 4 is 28.9 Å². The summed E-state index contributed by atoms with van der Waals surface area (Å²) in [6, 6.07) is 10.9. The van der Waals surface area contributed by atoms with Gasteiger partial charge in [0.2, 0.25) is 0 Å². The van der Waals surface area contributed by atoms with E-state index in [1.165, 1.54) is 0 Å². The molecule has 4 heteroatoms. The van der Waals surface area contributed by atoms with Crippen molar-refractivity contribution in [2.45, 2.75) is 13.5 Å². The van der Waals surface area contributed by atoms with Crippen molar-refractivity contribution in [2.24, 2.45) is 0 Å². The second-order valence-corrected chi connectivity index (χ2v) is 4.82. The van der Waals surface area contributed by atoms with Gasteiger partial charge < -0.3 is 10.5 Å². The number of benzene rings is 2. The first-order chi connectivity index (χ1) is 8.58. The summed E-state index contributed by atoms with van der Waals surface area (Å²) in [6.45, 7) is 2.27. The minimum atomic E-state index is 0.335. The zero-order valence-electron chi connectivity index (χ0n) is 9.91. The maximum Gasteiger partial charge on any atom is 0.120 e. The van der Waals surface area contributed by atoms with E-state index < -0.39 is 0 Å². The molecule has 94 valence electrons. The van der Waals surface area contributed by atoms with Gasteiger partial charge in [-0.2, -0.15) is 0 Å². The predicted octanol–water partition coefficient (Wildman–Crippen LogP) is 4.46. The number of hydrogen-bond acceptors (Lipinski definition) is 2. The molecule has 18 heavy (non-hydrogen) atoms. The third-order valence-electron chi connectivity index (χ3n) is 2.69. The summed E-state index contributed by atoms with van der Waals surface area (Å²) >= 11 is 12.1. The maximum atomic E-state index is 6.07. The van der Waals surface area contributed by atoms with Gasteiger partial charge in [0.1, 0.15) is 12.4 Å². The van der Waals surface area contributed by atoms with Crippen LogP contribution in [0.5, 0.6) is 5.75 Å². The van der Waals surface area contributed by atoms with Crippen LogP contribution in [0.15, 0.2) is 36.4 Å². The van der Waals surface area contributed by atoms with Gasteiger partial charge in [-0.15, -0.1) is 0 Å². The monoisotopic (exact) mass is 281 g/mol. The van der Waals surface area contributed by atoms with Gasteiger partial charge in [0.25, 0.3) is 0 Å². The van der Waals surface area contributed by atoms with Crippen LogP contribution in [-0.4, -0.2) is 0 Å². The number of aryl methyl sites for hydroxylation is 1. The van der Waals surface area contributed by atoms with E-state index in [2.05, 4.69) is 0 Å². The molecule has 0 amide bonds. The van der Waals surface area contributed by atoms with Gasteiger partial charge in [-0.25, -0.2) is 0 Å². The highest BCUT2D eigenvalue weighted by Gasteiger charge is 2.06. The van der Waals surface area contributed by atoms with E-state index in [0.717, 1.165) is 22.6 Å². The van der Waals surface area contributed by atoms with Gasteiger partial charge in [0, 0.05) is 21.3 Å². The van der Waals surface area contributed by atoms with Gasteiger partial charge in [-0.05, 0) is 42.8 Å². The molecule has 2 nitrogen and oxygen atoms in total. The predicted molar refractivity (Wildman–Crippen MR) is 76.4 cm³/mol. The lowest BCUT2D eigenvalue weighted by Crippen LogP contribution is -1.98. The minimum absolute atomic E-state index is 0.335. The van der Waals surface area contributed by atoms with Crippen LogP contribution in [0.25, 0.3) is 0 Å². The van der Waals surface area contributed by atoms with Gasteiger partial charge in [0.05, 0.1) is 0 Å². The van der Waals surface area contributed by atoms with Crippen LogP contribution in [0.3, 0.4) is 0 Å². The Bertz CT molecular complexity index is 549. The fraction of sp³-hybridized carbons (Fsp3) is 0.143. The summed E-state index contributed by atoms with van der Waals surface area (Å²) in [5.74, 6) is 0.748. The van der Waals surface area contributed by atoms with Crippen molar-refractivity contribution in [3.63, 3.8) is 0 Å². The fourth-order valence-electron chi connectivity index (χ4n) is 1.56. The lowest BCUT2D eigenvalue weighted by Gasteiger charge is -2.10. The van der Waals surface area contributed by atoms with Gasteiger partial charge in [0.15, 0.2) is 0 Å². The Labute approximate surface area is 116 Å². The first-order valence-corrected chi connectivity index (χ1v) is 6.25. The molecule has 0 atom stereocenters. The van der Waals surface area contributed by atoms with Gasteiger partial charge in [-0.1, -0.05) is 29.3 Å². The summed E-state index contributed by atoms with van der Waals surface area (Å²) < 4.78 is 5.67. The number of ether oxygens (including phenoxy) is 1. The molecular formula is C14H13Cl2NO. The Balaban J connectivity index is 2.14. The number of nitrogens with two attached hydrogens (primary N) is 1. The van der Waals surface area contributed by atoms with E-state index in [1.54, 1.807) is 12.1 Å². The number of nitrogen functional groups attached to an aromatic ring is 1. The van der Waals surface area contributed by atoms with Crippen LogP contribution in [0.4, 0.5) is 5.69 Å². The lowest BCUT2D eigenvalue weighted by atomic mass is 10.2. The second kappa shape index (κ2) is 5.51. The number of halogens is 2. The Morgan fingerprint density at radius 2 is 1.78 bits per heavy atom. The van der Waals surface area contributed by atoms with E-state index in [0.29, 0.717) is 16.7 Å². The zero-order chi connectivity index (χ0) is 13.1. The van der Waals surface area contributed by atoms with E-state index in [4.69, 9.17) is 33.7 Å². The Morgan fingerprint density at radius 1 is 1.11 bits per heavy atom. The van der Waals surface area contributed by atoms with E-state index in [9.17, 15) is 0 Å². The average molecular weight is 282 g/mol. The van der Waals surface area contributed by atoms with Crippen LogP contribution in [0.1, 0.15) is 11.1 Å². The molecule has 0 radical (unpaired) electrons. The topological polar surface area (TPSA) is 35.2 Å². The highest BCUT2D eigenvalue weighted by atomic mass is 35.5. The van der Waals surface area contributed by atoms with E-state index >= 15 is 0 Å². The molecule has 2 aromatic carbocycles. The smallest absolute Gasteiger partial charge is 0.120 e. The molecule has 0 heterocycles. The molecule has 0 aromatic heterocycles. The molecule has 0 fully saturated rings. The van der Waals surface area contributed by atoms with Crippen molar-refractivity contribution in [1.29, 1.82) is 0 Å².